The van der Waals surface area contributed by atoms with Gasteiger partial charge in [-0.05, 0) is 30.3 Å². The van der Waals surface area contributed by atoms with Gasteiger partial charge in [-0.3, -0.25) is 5.43 Å². The molecule has 0 aliphatic heterocycles. The van der Waals surface area contributed by atoms with Gasteiger partial charge in [-0.1, -0.05) is 12.1 Å². The van der Waals surface area contributed by atoms with Crippen LogP contribution in [0.25, 0.3) is 0 Å². The summed E-state index contributed by atoms with van der Waals surface area (Å²) in [6.07, 6.45) is 0. The number of hydrazine groups is 1. The molecule has 2 aromatic carbocycles. The van der Waals surface area contributed by atoms with Crippen molar-refractivity contribution in [1.82, 2.24) is 0 Å². The van der Waals surface area contributed by atoms with Crippen molar-refractivity contribution in [2.75, 3.05) is 10.9 Å². The lowest BCUT2D eigenvalue weighted by molar-refractivity contribution is 0.511. The average Bonchev–Trinajstić information content (AvgIpc) is 2.31. The summed E-state index contributed by atoms with van der Waals surface area (Å²) >= 11 is 0. The number of anilines is 2. The van der Waals surface area contributed by atoms with E-state index in [1.54, 1.807) is 6.07 Å². The molecule has 0 unspecified atom stereocenters. The highest BCUT2D eigenvalue weighted by atomic mass is 19.2. The summed E-state index contributed by atoms with van der Waals surface area (Å²) in [5, 5.41) is 0. The highest BCUT2D eigenvalue weighted by molar-refractivity contribution is 5.53. The van der Waals surface area contributed by atoms with Crippen molar-refractivity contribution in [3.05, 3.63) is 59.9 Å². The molecule has 0 bridgehead atoms. The van der Waals surface area contributed by atoms with Gasteiger partial charge in [0.25, 0.3) is 0 Å². The van der Waals surface area contributed by atoms with Crippen LogP contribution >= 0.6 is 0 Å². The molecule has 5 heteroatoms. The normalized spacial score (nSPS) is 10.1. The lowest BCUT2D eigenvalue weighted by atomic mass is 10.3. The Labute approximate surface area is 96.1 Å². The van der Waals surface area contributed by atoms with E-state index in [-0.39, 0.29) is 5.69 Å². The lowest BCUT2D eigenvalue weighted by Crippen LogP contribution is -2.10. The second kappa shape index (κ2) is 4.78. The van der Waals surface area contributed by atoms with Gasteiger partial charge in [-0.2, -0.15) is 0 Å². The average molecular weight is 238 g/mol. The molecule has 88 valence electrons. The Hall–Kier alpha value is -2.17. The monoisotopic (exact) mass is 238 g/mol. The summed E-state index contributed by atoms with van der Waals surface area (Å²) in [7, 11) is 0. The zero-order chi connectivity index (χ0) is 12.3. The summed E-state index contributed by atoms with van der Waals surface area (Å²) in [5.74, 6) is -2.36. The standard InChI is InChI=1S/C12H9F3N2/c13-8-3-1-4-9(7-8)16-17-11-6-2-5-10(14)12(11)15/h1-7,16-17H. The van der Waals surface area contributed by atoms with Crippen molar-refractivity contribution in [2.45, 2.75) is 0 Å². The van der Waals surface area contributed by atoms with Gasteiger partial charge in [0, 0.05) is 0 Å². The molecule has 2 aromatic rings. The van der Waals surface area contributed by atoms with Crippen molar-refractivity contribution in [3.63, 3.8) is 0 Å². The van der Waals surface area contributed by atoms with Crippen LogP contribution in [0.1, 0.15) is 0 Å². The minimum Gasteiger partial charge on any atom is -0.301 e. The first kappa shape index (κ1) is 11.3. The Kier molecular flexibility index (Phi) is 3.18. The quantitative estimate of drug-likeness (QED) is 0.799. The van der Waals surface area contributed by atoms with Gasteiger partial charge in [0.15, 0.2) is 11.6 Å². The SMILES string of the molecule is Fc1cccc(NNc2cccc(F)c2F)c1. The van der Waals surface area contributed by atoms with Gasteiger partial charge >= 0.3 is 0 Å². The Morgan fingerprint density at radius 2 is 1.59 bits per heavy atom. The third-order valence-corrected chi connectivity index (χ3v) is 2.12. The Bertz CT molecular complexity index is 529. The minimum atomic E-state index is -0.989. The largest absolute Gasteiger partial charge is 0.301 e. The number of rotatable bonds is 3. The van der Waals surface area contributed by atoms with E-state index in [4.69, 9.17) is 0 Å². The maximum Gasteiger partial charge on any atom is 0.183 e. The molecule has 2 N–H and O–H groups in total. The molecule has 0 aliphatic rings. The van der Waals surface area contributed by atoms with Crippen molar-refractivity contribution in [2.24, 2.45) is 0 Å². The van der Waals surface area contributed by atoms with E-state index in [1.165, 1.54) is 30.3 Å². The summed E-state index contributed by atoms with van der Waals surface area (Å²) in [6, 6.07) is 9.36. The second-order valence-electron chi connectivity index (χ2n) is 3.36. The van der Waals surface area contributed by atoms with Gasteiger partial charge in [-0.25, -0.2) is 13.2 Å². The number of hydrogen-bond donors (Lipinski definition) is 2. The number of benzene rings is 2. The summed E-state index contributed by atoms with van der Waals surface area (Å²) < 4.78 is 38.9. The molecule has 2 rings (SSSR count). The Morgan fingerprint density at radius 3 is 2.35 bits per heavy atom. The molecule has 0 aromatic heterocycles. The first-order valence-corrected chi connectivity index (χ1v) is 4.88. The third kappa shape index (κ3) is 2.69. The van der Waals surface area contributed by atoms with Crippen LogP contribution in [-0.4, -0.2) is 0 Å². The molecule has 0 saturated heterocycles. The van der Waals surface area contributed by atoms with Gasteiger partial charge in [0.1, 0.15) is 5.82 Å². The smallest absolute Gasteiger partial charge is 0.183 e. The molecule has 17 heavy (non-hydrogen) atoms. The van der Waals surface area contributed by atoms with Crippen LogP contribution in [0.3, 0.4) is 0 Å². The Morgan fingerprint density at radius 1 is 0.824 bits per heavy atom. The molecule has 0 amide bonds. The predicted molar refractivity (Wildman–Crippen MR) is 60.0 cm³/mol. The fourth-order valence-electron chi connectivity index (χ4n) is 1.31. The molecule has 0 atom stereocenters. The van der Waals surface area contributed by atoms with Crippen molar-refractivity contribution in [3.8, 4) is 0 Å². The van der Waals surface area contributed by atoms with Crippen LogP contribution in [0.2, 0.25) is 0 Å². The predicted octanol–water partition coefficient (Wildman–Crippen LogP) is 3.54. The molecule has 2 nitrogen and oxygen atoms in total. The molecule has 0 saturated carbocycles. The highest BCUT2D eigenvalue weighted by Crippen LogP contribution is 2.17. The first-order chi connectivity index (χ1) is 8.16. The van der Waals surface area contributed by atoms with E-state index in [0.717, 1.165) is 6.07 Å². The molecule has 0 spiro atoms. The van der Waals surface area contributed by atoms with E-state index in [9.17, 15) is 13.2 Å². The van der Waals surface area contributed by atoms with E-state index in [0.29, 0.717) is 5.69 Å². The maximum absolute atomic E-state index is 13.2. The lowest BCUT2D eigenvalue weighted by Gasteiger charge is -2.10. The van der Waals surface area contributed by atoms with Crippen molar-refractivity contribution in [1.29, 1.82) is 0 Å². The van der Waals surface area contributed by atoms with E-state index in [1.807, 2.05) is 0 Å². The molecular formula is C12H9F3N2. The Balaban J connectivity index is 2.10. The zero-order valence-corrected chi connectivity index (χ0v) is 8.68. The van der Waals surface area contributed by atoms with E-state index >= 15 is 0 Å². The van der Waals surface area contributed by atoms with Crippen LogP contribution in [0, 0.1) is 17.5 Å². The van der Waals surface area contributed by atoms with Gasteiger partial charge in [0.2, 0.25) is 0 Å². The molecule has 0 heterocycles. The van der Waals surface area contributed by atoms with Crippen molar-refractivity contribution < 1.29 is 13.2 Å². The fourth-order valence-corrected chi connectivity index (χ4v) is 1.31. The van der Waals surface area contributed by atoms with Crippen molar-refractivity contribution >= 4 is 11.4 Å². The minimum absolute atomic E-state index is 0.0470. The highest BCUT2D eigenvalue weighted by Gasteiger charge is 2.06. The summed E-state index contributed by atoms with van der Waals surface area (Å²) in [6.45, 7) is 0. The molecule has 0 radical (unpaired) electrons. The van der Waals surface area contributed by atoms with Crippen LogP contribution in [0.4, 0.5) is 24.5 Å². The first-order valence-electron chi connectivity index (χ1n) is 4.88. The van der Waals surface area contributed by atoms with Gasteiger partial charge in [0.05, 0.1) is 11.4 Å². The fraction of sp³-hybridized carbons (Fsp3) is 0. The van der Waals surface area contributed by atoms with Crippen LogP contribution < -0.4 is 10.9 Å². The van der Waals surface area contributed by atoms with E-state index < -0.39 is 17.5 Å². The number of halogens is 3. The van der Waals surface area contributed by atoms with Crippen LogP contribution in [0.5, 0.6) is 0 Å². The molecule has 0 fully saturated rings. The zero-order valence-electron chi connectivity index (χ0n) is 8.68. The number of nitrogens with one attached hydrogen (secondary N) is 2. The topological polar surface area (TPSA) is 24.1 Å². The molecule has 0 aliphatic carbocycles. The van der Waals surface area contributed by atoms with Crippen LogP contribution in [0.15, 0.2) is 42.5 Å². The summed E-state index contributed by atoms with van der Waals surface area (Å²) in [4.78, 5) is 0. The maximum atomic E-state index is 13.2. The van der Waals surface area contributed by atoms with Gasteiger partial charge < -0.3 is 5.43 Å². The molecular weight excluding hydrogens is 229 g/mol. The summed E-state index contributed by atoms with van der Waals surface area (Å²) in [5.41, 5.74) is 5.40. The second-order valence-corrected chi connectivity index (χ2v) is 3.36. The van der Waals surface area contributed by atoms with Crippen LogP contribution in [-0.2, 0) is 0 Å². The van der Waals surface area contributed by atoms with E-state index in [2.05, 4.69) is 10.9 Å². The van der Waals surface area contributed by atoms with Gasteiger partial charge in [-0.15, -0.1) is 0 Å². The number of hydrogen-bond acceptors (Lipinski definition) is 2. The third-order valence-electron chi connectivity index (χ3n) is 2.12.